The Kier molecular flexibility index (Phi) is 14.2. The minimum absolute atomic E-state index is 0.0278. The van der Waals surface area contributed by atoms with Crippen LogP contribution in [0.2, 0.25) is 0 Å². The quantitative estimate of drug-likeness (QED) is 0.391. The number of hydrogen-bond donors (Lipinski definition) is 3. The number of ether oxygens (including phenoxy) is 1. The van der Waals surface area contributed by atoms with Crippen molar-refractivity contribution in [2.75, 3.05) is 39.5 Å². The topological polar surface area (TPSA) is 133 Å². The van der Waals surface area contributed by atoms with E-state index in [1.807, 2.05) is 6.92 Å². The van der Waals surface area contributed by atoms with Crippen molar-refractivity contribution in [2.24, 2.45) is 15.0 Å². The van der Waals surface area contributed by atoms with Gasteiger partial charge in [0, 0.05) is 6.54 Å². The molecule has 0 amide bonds. The molecule has 0 bridgehead atoms. The van der Waals surface area contributed by atoms with E-state index in [-0.39, 0.29) is 13.2 Å². The maximum atomic E-state index is 10.00. The summed E-state index contributed by atoms with van der Waals surface area (Å²) >= 11 is 0. The van der Waals surface area contributed by atoms with Crippen LogP contribution in [-0.2, 0) is 14.3 Å². The molecule has 0 unspecified atom stereocenters. The third-order valence-corrected chi connectivity index (χ3v) is 2.85. The van der Waals surface area contributed by atoms with Gasteiger partial charge >= 0.3 is 0 Å². The maximum absolute atomic E-state index is 10.00. The minimum Gasteiger partial charge on any atom is -0.394 e. The third-order valence-electron chi connectivity index (χ3n) is 2.85. The van der Waals surface area contributed by atoms with Gasteiger partial charge in [-0.05, 0) is 31.5 Å². The Morgan fingerprint density at radius 2 is 1.81 bits per heavy atom. The summed E-state index contributed by atoms with van der Waals surface area (Å²) in [4.78, 5) is 30.8. The number of isocyanates is 2. The van der Waals surface area contributed by atoms with Crippen molar-refractivity contribution >= 4 is 29.4 Å². The number of aliphatic hydroxyl groups is 2. The number of nitrogens with one attached hydrogen (secondary N) is 1. The van der Waals surface area contributed by atoms with Gasteiger partial charge in [-0.3, -0.25) is 4.99 Å². The lowest BCUT2D eigenvalue weighted by molar-refractivity contribution is 0.0650. The number of aryl methyl sites for hydroxylation is 1. The second kappa shape index (κ2) is 15.8. The lowest BCUT2D eigenvalue weighted by atomic mass is 10.2. The first kappa shape index (κ1) is 23.3. The third kappa shape index (κ3) is 11.8. The molecule has 0 atom stereocenters. The summed E-state index contributed by atoms with van der Waals surface area (Å²) in [6, 6.07) is 4.88. The van der Waals surface area contributed by atoms with E-state index in [2.05, 4.69) is 25.0 Å². The molecule has 0 saturated carbocycles. The summed E-state index contributed by atoms with van der Waals surface area (Å²) < 4.78 is 4.63. The number of amidine groups is 1. The lowest BCUT2D eigenvalue weighted by Gasteiger charge is -1.97. The van der Waals surface area contributed by atoms with E-state index >= 15 is 0 Å². The first-order valence-corrected chi connectivity index (χ1v) is 7.89. The van der Waals surface area contributed by atoms with Gasteiger partial charge in [0.15, 0.2) is 0 Å². The summed E-state index contributed by atoms with van der Waals surface area (Å²) in [5.74, 6) is 1.08. The number of carbonyl (C=O) groups excluding carboxylic acids is 2. The average Bonchev–Trinajstić information content (AvgIpc) is 3.11. The second-order valence-corrected chi connectivity index (χ2v) is 4.83. The molecule has 9 heteroatoms. The van der Waals surface area contributed by atoms with Crippen LogP contribution in [0.4, 0.5) is 11.4 Å². The SMILES string of the molecule is CC1=NCCN1.Cc1ccc(N=C=O)cc1N=C=O.OCCOCCO. The van der Waals surface area contributed by atoms with Crippen LogP contribution in [-0.4, -0.2) is 67.7 Å². The van der Waals surface area contributed by atoms with Crippen molar-refractivity contribution in [1.82, 2.24) is 5.32 Å². The van der Waals surface area contributed by atoms with Gasteiger partial charge in [-0.2, -0.15) is 9.98 Å². The number of hydrogen-bond acceptors (Lipinski definition) is 9. The van der Waals surface area contributed by atoms with Crippen LogP contribution in [0.25, 0.3) is 0 Å². The van der Waals surface area contributed by atoms with Gasteiger partial charge < -0.3 is 20.3 Å². The minimum atomic E-state index is 0.0278. The molecule has 1 aliphatic heterocycles. The normalized spacial score (nSPS) is 11.3. The van der Waals surface area contributed by atoms with Crippen LogP contribution in [0.1, 0.15) is 12.5 Å². The highest BCUT2D eigenvalue weighted by Crippen LogP contribution is 2.23. The van der Waals surface area contributed by atoms with Gasteiger partial charge in [0.1, 0.15) is 0 Å². The molecule has 9 nitrogen and oxygen atoms in total. The van der Waals surface area contributed by atoms with Gasteiger partial charge in [-0.25, -0.2) is 9.59 Å². The molecule has 142 valence electrons. The predicted octanol–water partition coefficient (Wildman–Crippen LogP) is 0.925. The van der Waals surface area contributed by atoms with Crippen LogP contribution in [0.15, 0.2) is 33.2 Å². The van der Waals surface area contributed by atoms with Crippen molar-refractivity contribution in [2.45, 2.75) is 13.8 Å². The Morgan fingerprint density at radius 3 is 2.23 bits per heavy atom. The fourth-order valence-corrected chi connectivity index (χ4v) is 1.64. The second-order valence-electron chi connectivity index (χ2n) is 4.83. The first-order chi connectivity index (χ1) is 12.6. The largest absolute Gasteiger partial charge is 0.394 e. The van der Waals surface area contributed by atoms with Crippen LogP contribution in [0, 0.1) is 6.92 Å². The van der Waals surface area contributed by atoms with Crippen LogP contribution in [0.5, 0.6) is 0 Å². The van der Waals surface area contributed by atoms with E-state index < -0.39 is 0 Å². The maximum Gasteiger partial charge on any atom is 0.240 e. The van der Waals surface area contributed by atoms with Gasteiger partial charge in [0.25, 0.3) is 0 Å². The molecular formula is C17H24N4O5. The zero-order valence-electron chi connectivity index (χ0n) is 14.9. The number of rotatable bonds is 6. The van der Waals surface area contributed by atoms with Crippen molar-refractivity contribution in [3.8, 4) is 0 Å². The Bertz CT molecular complexity index is 647. The number of benzene rings is 1. The number of nitrogens with zero attached hydrogens (tertiary/aromatic N) is 3. The Balaban J connectivity index is 0.000000404. The molecule has 1 aromatic rings. The molecule has 1 heterocycles. The van der Waals surface area contributed by atoms with Crippen LogP contribution >= 0.6 is 0 Å². The molecule has 0 spiro atoms. The highest BCUT2D eigenvalue weighted by atomic mass is 16.5. The van der Waals surface area contributed by atoms with Crippen molar-refractivity contribution < 1.29 is 24.5 Å². The van der Waals surface area contributed by atoms with E-state index in [0.29, 0.717) is 24.6 Å². The van der Waals surface area contributed by atoms with Crippen molar-refractivity contribution in [1.29, 1.82) is 0 Å². The lowest BCUT2D eigenvalue weighted by Crippen LogP contribution is -2.13. The molecule has 0 aromatic heterocycles. The molecule has 0 radical (unpaired) electrons. The number of aliphatic imine (C=N–C) groups is 3. The summed E-state index contributed by atoms with van der Waals surface area (Å²) in [6.07, 6.45) is 2.84. The molecule has 26 heavy (non-hydrogen) atoms. The van der Waals surface area contributed by atoms with Gasteiger partial charge in [0.05, 0.1) is 50.2 Å². The fourth-order valence-electron chi connectivity index (χ4n) is 1.64. The first-order valence-electron chi connectivity index (χ1n) is 7.89. The van der Waals surface area contributed by atoms with Crippen LogP contribution < -0.4 is 5.32 Å². The van der Waals surface area contributed by atoms with Gasteiger partial charge in [-0.1, -0.05) is 6.07 Å². The fraction of sp³-hybridized carbons (Fsp3) is 0.471. The van der Waals surface area contributed by atoms with Gasteiger partial charge in [0.2, 0.25) is 12.2 Å². The molecule has 0 saturated heterocycles. The van der Waals surface area contributed by atoms with E-state index in [4.69, 9.17) is 10.2 Å². The smallest absolute Gasteiger partial charge is 0.240 e. The summed E-state index contributed by atoms with van der Waals surface area (Å²) in [5, 5.41) is 19.2. The Hall–Kier alpha value is -2.67. The van der Waals surface area contributed by atoms with E-state index in [1.165, 1.54) is 18.2 Å². The standard InChI is InChI=1S/C9H6N2O2.C4H8N2.C4H10O3/c1-7-2-3-8(10-5-12)4-9(7)11-6-13;1-4-5-2-3-6-4;5-1-3-7-4-2-6/h2-4H,1H3;2-3H2,1H3,(H,5,6);5-6H,1-4H2. The summed E-state index contributed by atoms with van der Waals surface area (Å²) in [5.41, 5.74) is 1.72. The zero-order valence-corrected chi connectivity index (χ0v) is 14.9. The molecule has 1 aliphatic rings. The molecular weight excluding hydrogens is 340 g/mol. The molecule has 3 N–H and O–H groups in total. The monoisotopic (exact) mass is 364 g/mol. The highest BCUT2D eigenvalue weighted by Gasteiger charge is 1.97. The Labute approximate surface area is 152 Å². The Morgan fingerprint density at radius 1 is 1.15 bits per heavy atom. The van der Waals surface area contributed by atoms with Crippen LogP contribution in [0.3, 0.4) is 0 Å². The molecule has 2 rings (SSSR count). The number of aliphatic hydroxyl groups excluding tert-OH is 2. The molecule has 0 fully saturated rings. The average molecular weight is 364 g/mol. The van der Waals surface area contributed by atoms with Crippen molar-refractivity contribution in [3.63, 3.8) is 0 Å². The van der Waals surface area contributed by atoms with E-state index in [9.17, 15) is 9.59 Å². The summed E-state index contributed by atoms with van der Waals surface area (Å²) in [6.45, 7) is 6.47. The highest BCUT2D eigenvalue weighted by molar-refractivity contribution is 5.80. The van der Waals surface area contributed by atoms with Gasteiger partial charge in [-0.15, -0.1) is 0 Å². The predicted molar refractivity (Wildman–Crippen MR) is 97.7 cm³/mol. The van der Waals surface area contributed by atoms with E-state index in [0.717, 1.165) is 24.5 Å². The van der Waals surface area contributed by atoms with Crippen molar-refractivity contribution in [3.05, 3.63) is 23.8 Å². The summed E-state index contributed by atoms with van der Waals surface area (Å²) in [7, 11) is 0. The van der Waals surface area contributed by atoms with E-state index in [1.54, 1.807) is 19.1 Å². The molecule has 0 aliphatic carbocycles. The zero-order chi connectivity index (χ0) is 19.6. The molecule has 1 aromatic carbocycles.